The lowest BCUT2D eigenvalue weighted by Gasteiger charge is -2.05. The molecule has 1 amide bonds. The largest absolute Gasteiger partial charge is 0.462 e. The van der Waals surface area contributed by atoms with E-state index in [0.717, 1.165) is 22.4 Å². The maximum atomic E-state index is 12.2. The molecule has 0 aliphatic carbocycles. The molecule has 0 saturated heterocycles. The second-order valence-corrected chi connectivity index (χ2v) is 5.34. The number of hydrazone groups is 1. The second-order valence-electron chi connectivity index (χ2n) is 5.34. The number of hydrogen-bond acceptors (Lipinski definition) is 4. The molecule has 0 saturated carbocycles. The van der Waals surface area contributed by atoms with Crippen molar-refractivity contribution in [3.05, 3.63) is 71.3 Å². The summed E-state index contributed by atoms with van der Waals surface area (Å²) in [6, 6.07) is 13.3. The van der Waals surface area contributed by atoms with Crippen LogP contribution in [-0.2, 0) is 0 Å². The Labute approximate surface area is 139 Å². The van der Waals surface area contributed by atoms with Gasteiger partial charge in [-0.05, 0) is 50.3 Å². The molecule has 0 bridgehead atoms. The highest BCUT2D eigenvalue weighted by atomic mass is 16.3. The van der Waals surface area contributed by atoms with Crippen LogP contribution in [0.2, 0.25) is 0 Å². The molecule has 2 aromatic heterocycles. The molecule has 0 atom stereocenters. The minimum Gasteiger partial charge on any atom is -0.462 e. The number of nitrogens with zero attached hydrogens (tertiary/aromatic N) is 2. The van der Waals surface area contributed by atoms with Crippen LogP contribution >= 0.6 is 0 Å². The van der Waals surface area contributed by atoms with E-state index in [1.807, 2.05) is 56.3 Å². The Kier molecular flexibility index (Phi) is 4.52. The minimum atomic E-state index is -0.288. The van der Waals surface area contributed by atoms with Crippen LogP contribution in [0.15, 0.2) is 58.1 Å². The van der Waals surface area contributed by atoms with Crippen LogP contribution in [0, 0.1) is 13.8 Å². The third-order valence-electron chi connectivity index (χ3n) is 3.51. The van der Waals surface area contributed by atoms with Crippen LogP contribution in [0.1, 0.15) is 27.6 Å². The summed E-state index contributed by atoms with van der Waals surface area (Å²) in [5.41, 5.74) is 4.55. The summed E-state index contributed by atoms with van der Waals surface area (Å²) in [7, 11) is 0. The predicted molar refractivity (Wildman–Crippen MR) is 94.9 cm³/mol. The lowest BCUT2D eigenvalue weighted by atomic mass is 10.1. The Hall–Kier alpha value is -3.21. The topological polar surface area (TPSA) is 67.5 Å². The predicted octanol–water partition coefficient (Wildman–Crippen LogP) is 3.87. The molecular weight excluding hydrogens is 302 g/mol. The Balaban J connectivity index is 1.67. The first-order valence-corrected chi connectivity index (χ1v) is 7.56. The third kappa shape index (κ3) is 3.57. The van der Waals surface area contributed by atoms with Crippen LogP contribution in [0.4, 0.5) is 0 Å². The Bertz CT molecular complexity index is 939. The van der Waals surface area contributed by atoms with E-state index >= 15 is 0 Å². The van der Waals surface area contributed by atoms with Crippen molar-refractivity contribution >= 4 is 29.1 Å². The number of hydrogen-bond donors (Lipinski definition) is 1. The molecule has 1 N–H and O–H groups in total. The SMILES string of the molecule is Cc1ccc(/C=C/C=N/NC(=O)c2cc3ccccc3nc2C)o1. The van der Waals surface area contributed by atoms with Gasteiger partial charge in [0.05, 0.1) is 16.8 Å². The van der Waals surface area contributed by atoms with Crippen molar-refractivity contribution < 1.29 is 9.21 Å². The summed E-state index contributed by atoms with van der Waals surface area (Å²) in [5, 5.41) is 4.83. The fraction of sp³-hybridized carbons (Fsp3) is 0.105. The summed E-state index contributed by atoms with van der Waals surface area (Å²) in [6.45, 7) is 3.69. The fourth-order valence-electron chi connectivity index (χ4n) is 2.32. The van der Waals surface area contributed by atoms with E-state index in [4.69, 9.17) is 4.42 Å². The normalized spacial score (nSPS) is 11.6. The highest BCUT2D eigenvalue weighted by Crippen LogP contribution is 2.16. The molecule has 0 fully saturated rings. The number of carbonyl (C=O) groups excluding carboxylic acids is 1. The number of para-hydroxylation sites is 1. The van der Waals surface area contributed by atoms with E-state index in [2.05, 4.69) is 15.5 Å². The van der Waals surface area contributed by atoms with E-state index in [1.165, 1.54) is 6.21 Å². The van der Waals surface area contributed by atoms with E-state index in [0.29, 0.717) is 11.3 Å². The average Bonchev–Trinajstić information content (AvgIpc) is 2.99. The quantitative estimate of drug-likeness (QED) is 0.586. The number of aromatic nitrogens is 1. The standard InChI is InChI=1S/C19H17N3O2/c1-13-9-10-16(24-13)7-5-11-20-22-19(23)17-12-15-6-3-4-8-18(15)21-14(17)2/h3-12H,1-2H3,(H,22,23)/b7-5+,20-11+. The molecule has 3 aromatic rings. The molecule has 3 rings (SSSR count). The van der Waals surface area contributed by atoms with Gasteiger partial charge in [0, 0.05) is 11.6 Å². The molecule has 0 unspecified atom stereocenters. The number of furan rings is 1. The number of aryl methyl sites for hydroxylation is 2. The van der Waals surface area contributed by atoms with Gasteiger partial charge >= 0.3 is 0 Å². The minimum absolute atomic E-state index is 0.288. The van der Waals surface area contributed by atoms with Crippen LogP contribution in [0.5, 0.6) is 0 Å². The van der Waals surface area contributed by atoms with Crippen LogP contribution in [0.25, 0.3) is 17.0 Å². The van der Waals surface area contributed by atoms with Gasteiger partial charge in [-0.15, -0.1) is 0 Å². The van der Waals surface area contributed by atoms with Crippen molar-refractivity contribution in [2.24, 2.45) is 5.10 Å². The van der Waals surface area contributed by atoms with Crippen molar-refractivity contribution in [3.8, 4) is 0 Å². The molecule has 0 spiro atoms. The van der Waals surface area contributed by atoms with Gasteiger partial charge in [0.1, 0.15) is 11.5 Å². The molecule has 5 heteroatoms. The van der Waals surface area contributed by atoms with Gasteiger partial charge in [0.15, 0.2) is 0 Å². The molecule has 0 aliphatic rings. The maximum Gasteiger partial charge on any atom is 0.273 e. The van der Waals surface area contributed by atoms with Gasteiger partial charge in [-0.1, -0.05) is 18.2 Å². The highest BCUT2D eigenvalue weighted by Gasteiger charge is 2.10. The van der Waals surface area contributed by atoms with E-state index < -0.39 is 0 Å². The van der Waals surface area contributed by atoms with Crippen molar-refractivity contribution in [3.63, 3.8) is 0 Å². The maximum absolute atomic E-state index is 12.2. The van der Waals surface area contributed by atoms with Crippen LogP contribution in [-0.4, -0.2) is 17.1 Å². The zero-order valence-corrected chi connectivity index (χ0v) is 13.5. The van der Waals surface area contributed by atoms with Crippen LogP contribution in [0.3, 0.4) is 0 Å². The number of carbonyl (C=O) groups is 1. The zero-order valence-electron chi connectivity index (χ0n) is 13.5. The third-order valence-corrected chi connectivity index (χ3v) is 3.51. The highest BCUT2D eigenvalue weighted by molar-refractivity contribution is 5.98. The number of rotatable bonds is 4. The summed E-state index contributed by atoms with van der Waals surface area (Å²) >= 11 is 0. The molecule has 0 radical (unpaired) electrons. The molecule has 5 nitrogen and oxygen atoms in total. The van der Waals surface area contributed by atoms with E-state index in [9.17, 15) is 4.79 Å². The molecule has 0 aliphatic heterocycles. The molecule has 24 heavy (non-hydrogen) atoms. The van der Waals surface area contributed by atoms with Gasteiger partial charge in [0.2, 0.25) is 0 Å². The first kappa shape index (κ1) is 15.7. The second kappa shape index (κ2) is 6.91. The molecule has 2 heterocycles. The Morgan fingerprint density at radius 2 is 2.04 bits per heavy atom. The fourth-order valence-corrected chi connectivity index (χ4v) is 2.32. The van der Waals surface area contributed by atoms with Crippen LogP contribution < -0.4 is 5.43 Å². The van der Waals surface area contributed by atoms with Gasteiger partial charge in [0.25, 0.3) is 5.91 Å². The monoisotopic (exact) mass is 319 g/mol. The number of allylic oxidation sites excluding steroid dienone is 1. The van der Waals surface area contributed by atoms with E-state index in [1.54, 1.807) is 12.2 Å². The van der Waals surface area contributed by atoms with Crippen molar-refractivity contribution in [2.45, 2.75) is 13.8 Å². The first-order chi connectivity index (χ1) is 11.6. The van der Waals surface area contributed by atoms with Gasteiger partial charge in [-0.3, -0.25) is 9.78 Å². The molecule has 1 aromatic carbocycles. The summed E-state index contributed by atoms with van der Waals surface area (Å²) in [6.07, 6.45) is 4.97. The number of nitrogens with one attached hydrogen (secondary N) is 1. The number of benzene rings is 1. The van der Waals surface area contributed by atoms with E-state index in [-0.39, 0.29) is 5.91 Å². The summed E-state index contributed by atoms with van der Waals surface area (Å²) in [5.74, 6) is 1.29. The van der Waals surface area contributed by atoms with Crippen molar-refractivity contribution in [1.29, 1.82) is 0 Å². The lowest BCUT2D eigenvalue weighted by Crippen LogP contribution is -2.19. The molecular formula is C19H17N3O2. The van der Waals surface area contributed by atoms with Gasteiger partial charge in [-0.2, -0.15) is 5.10 Å². The van der Waals surface area contributed by atoms with Gasteiger partial charge < -0.3 is 4.42 Å². The van der Waals surface area contributed by atoms with Crippen molar-refractivity contribution in [1.82, 2.24) is 10.4 Å². The Morgan fingerprint density at radius 1 is 1.21 bits per heavy atom. The van der Waals surface area contributed by atoms with Gasteiger partial charge in [-0.25, -0.2) is 5.43 Å². The molecule has 120 valence electrons. The lowest BCUT2D eigenvalue weighted by molar-refractivity contribution is 0.0954. The average molecular weight is 319 g/mol. The number of amides is 1. The summed E-state index contributed by atoms with van der Waals surface area (Å²) in [4.78, 5) is 16.7. The smallest absolute Gasteiger partial charge is 0.273 e. The number of pyridine rings is 1. The number of fused-ring (bicyclic) bond motifs is 1. The first-order valence-electron chi connectivity index (χ1n) is 7.56. The summed E-state index contributed by atoms with van der Waals surface area (Å²) < 4.78 is 5.39. The zero-order chi connectivity index (χ0) is 16.9. The Morgan fingerprint density at radius 3 is 2.83 bits per heavy atom. The van der Waals surface area contributed by atoms with Crippen molar-refractivity contribution in [2.75, 3.05) is 0 Å².